The number of carbonyl (C=O) groups excluding carboxylic acids is 1. The van der Waals surface area contributed by atoms with E-state index in [2.05, 4.69) is 43.2 Å². The number of hydrogen-bond donors (Lipinski definition) is 1. The molecule has 1 heterocycles. The van der Waals surface area contributed by atoms with E-state index in [0.29, 0.717) is 29.7 Å². The lowest BCUT2D eigenvalue weighted by Crippen LogP contribution is -2.33. The highest BCUT2D eigenvalue weighted by molar-refractivity contribution is 5.94. The Morgan fingerprint density at radius 1 is 1.07 bits per heavy atom. The molecule has 1 N–H and O–H groups in total. The Hall–Kier alpha value is -2.56. The Morgan fingerprint density at radius 3 is 2.47 bits per heavy atom. The van der Waals surface area contributed by atoms with Crippen LogP contribution in [0.2, 0.25) is 0 Å². The van der Waals surface area contributed by atoms with Crippen LogP contribution < -0.4 is 14.8 Å². The van der Waals surface area contributed by atoms with E-state index in [-0.39, 0.29) is 5.91 Å². The molecule has 2 atom stereocenters. The standard InChI is InChI=1S/C25H36N2O3/c1-5-7-8-9-10-12-23(25(28)27-24-22(29-4)13-11-18-26-24)30-21-16-14-20(15-17-21)19(3)6-2/h11,13-19,23H,5-10,12H2,1-4H3,(H,26,27,28). The van der Waals surface area contributed by atoms with Gasteiger partial charge in [-0.1, -0.05) is 58.6 Å². The molecule has 164 valence electrons. The molecule has 0 radical (unpaired) electrons. The monoisotopic (exact) mass is 412 g/mol. The summed E-state index contributed by atoms with van der Waals surface area (Å²) in [6.07, 6.45) is 8.46. The maximum Gasteiger partial charge on any atom is 0.266 e. The number of rotatable bonds is 13. The zero-order chi connectivity index (χ0) is 21.8. The van der Waals surface area contributed by atoms with Crippen LogP contribution in [0, 0.1) is 0 Å². The first-order valence-corrected chi connectivity index (χ1v) is 11.2. The van der Waals surface area contributed by atoms with Gasteiger partial charge in [0.15, 0.2) is 17.7 Å². The van der Waals surface area contributed by atoms with Crippen molar-refractivity contribution in [3.05, 3.63) is 48.2 Å². The molecular formula is C25H36N2O3. The van der Waals surface area contributed by atoms with Gasteiger partial charge in [0.25, 0.3) is 5.91 Å². The summed E-state index contributed by atoms with van der Waals surface area (Å²) in [5.74, 6) is 1.97. The van der Waals surface area contributed by atoms with Gasteiger partial charge in [-0.15, -0.1) is 0 Å². The SMILES string of the molecule is CCCCCCCC(Oc1ccc(C(C)CC)cc1)C(=O)Nc1ncccc1OC. The summed E-state index contributed by atoms with van der Waals surface area (Å²) in [6, 6.07) is 11.6. The van der Waals surface area contributed by atoms with Gasteiger partial charge in [-0.05, 0) is 55.0 Å². The van der Waals surface area contributed by atoms with Gasteiger partial charge in [-0.25, -0.2) is 4.98 Å². The second kappa shape index (κ2) is 12.9. The summed E-state index contributed by atoms with van der Waals surface area (Å²) in [5.41, 5.74) is 1.28. The molecule has 0 saturated carbocycles. The van der Waals surface area contributed by atoms with Crippen LogP contribution in [0.3, 0.4) is 0 Å². The maximum atomic E-state index is 13.0. The van der Waals surface area contributed by atoms with Crippen LogP contribution in [0.5, 0.6) is 11.5 Å². The fraction of sp³-hybridized carbons (Fsp3) is 0.520. The number of pyridine rings is 1. The number of benzene rings is 1. The maximum absolute atomic E-state index is 13.0. The van der Waals surface area contributed by atoms with E-state index in [1.807, 2.05) is 12.1 Å². The molecule has 0 aliphatic carbocycles. The number of carbonyl (C=O) groups is 1. The lowest BCUT2D eigenvalue weighted by atomic mass is 9.99. The average molecular weight is 413 g/mol. The Kier molecular flexibility index (Phi) is 10.2. The number of nitrogens with zero attached hydrogens (tertiary/aromatic N) is 1. The second-order valence-electron chi connectivity index (χ2n) is 7.73. The van der Waals surface area contributed by atoms with Gasteiger partial charge in [0.2, 0.25) is 0 Å². The summed E-state index contributed by atoms with van der Waals surface area (Å²) >= 11 is 0. The van der Waals surface area contributed by atoms with Crippen molar-refractivity contribution in [1.29, 1.82) is 0 Å². The van der Waals surface area contributed by atoms with E-state index in [9.17, 15) is 4.79 Å². The first-order chi connectivity index (χ1) is 14.6. The number of hydrogen-bond acceptors (Lipinski definition) is 4. The third-order valence-electron chi connectivity index (χ3n) is 5.43. The van der Waals surface area contributed by atoms with E-state index in [1.165, 1.54) is 24.8 Å². The third-order valence-corrected chi connectivity index (χ3v) is 5.43. The molecule has 2 aromatic rings. The van der Waals surface area contributed by atoms with Crippen molar-refractivity contribution in [3.8, 4) is 11.5 Å². The molecule has 0 fully saturated rings. The number of nitrogens with one attached hydrogen (secondary N) is 1. The average Bonchev–Trinajstić information content (AvgIpc) is 2.78. The lowest BCUT2D eigenvalue weighted by Gasteiger charge is -2.20. The highest BCUT2D eigenvalue weighted by atomic mass is 16.5. The number of amides is 1. The number of methoxy groups -OCH3 is 1. The molecule has 0 spiro atoms. The number of ether oxygens (including phenoxy) is 2. The Bertz CT molecular complexity index is 761. The Balaban J connectivity index is 2.07. The molecule has 0 saturated heterocycles. The highest BCUT2D eigenvalue weighted by Crippen LogP contribution is 2.24. The molecule has 2 unspecified atom stereocenters. The van der Waals surface area contributed by atoms with Crippen molar-refractivity contribution in [2.45, 2.75) is 77.7 Å². The number of unbranched alkanes of at least 4 members (excludes halogenated alkanes) is 4. The molecule has 1 aromatic heterocycles. The zero-order valence-electron chi connectivity index (χ0n) is 18.8. The van der Waals surface area contributed by atoms with Gasteiger partial charge >= 0.3 is 0 Å². The van der Waals surface area contributed by atoms with Gasteiger partial charge in [0.05, 0.1) is 7.11 Å². The van der Waals surface area contributed by atoms with Crippen molar-refractivity contribution >= 4 is 11.7 Å². The van der Waals surface area contributed by atoms with Gasteiger partial charge in [0, 0.05) is 6.20 Å². The zero-order valence-corrected chi connectivity index (χ0v) is 18.8. The van der Waals surface area contributed by atoms with Crippen molar-refractivity contribution in [3.63, 3.8) is 0 Å². The molecule has 0 bridgehead atoms. The molecule has 30 heavy (non-hydrogen) atoms. The van der Waals surface area contributed by atoms with E-state index >= 15 is 0 Å². The summed E-state index contributed by atoms with van der Waals surface area (Å²) in [7, 11) is 1.56. The largest absolute Gasteiger partial charge is 0.493 e. The van der Waals surface area contributed by atoms with Crippen molar-refractivity contribution < 1.29 is 14.3 Å². The summed E-state index contributed by atoms with van der Waals surface area (Å²) in [5, 5.41) is 2.87. The first-order valence-electron chi connectivity index (χ1n) is 11.2. The number of anilines is 1. The fourth-order valence-corrected chi connectivity index (χ4v) is 3.30. The molecule has 0 aliphatic heterocycles. The summed E-state index contributed by atoms with van der Waals surface area (Å²) in [4.78, 5) is 17.2. The quantitative estimate of drug-likeness (QED) is 0.389. The Labute approximate surface area is 181 Å². The van der Waals surface area contributed by atoms with E-state index in [0.717, 1.165) is 19.3 Å². The van der Waals surface area contributed by atoms with E-state index in [4.69, 9.17) is 9.47 Å². The molecule has 2 rings (SSSR count). The molecule has 1 aromatic carbocycles. The summed E-state index contributed by atoms with van der Waals surface area (Å²) < 4.78 is 11.4. The Morgan fingerprint density at radius 2 is 1.80 bits per heavy atom. The lowest BCUT2D eigenvalue weighted by molar-refractivity contribution is -0.123. The second-order valence-corrected chi connectivity index (χ2v) is 7.73. The molecule has 1 amide bonds. The minimum Gasteiger partial charge on any atom is -0.493 e. The molecule has 0 aliphatic rings. The predicted octanol–water partition coefficient (Wildman–Crippen LogP) is 6.35. The highest BCUT2D eigenvalue weighted by Gasteiger charge is 2.22. The van der Waals surface area contributed by atoms with Gasteiger partial charge < -0.3 is 14.8 Å². The van der Waals surface area contributed by atoms with Crippen LogP contribution >= 0.6 is 0 Å². The van der Waals surface area contributed by atoms with Crippen molar-refractivity contribution in [2.24, 2.45) is 0 Å². The normalized spacial score (nSPS) is 12.8. The van der Waals surface area contributed by atoms with Crippen LogP contribution in [0.1, 0.15) is 77.2 Å². The number of aromatic nitrogens is 1. The van der Waals surface area contributed by atoms with Gasteiger partial charge in [0.1, 0.15) is 5.75 Å². The molecule has 5 nitrogen and oxygen atoms in total. The van der Waals surface area contributed by atoms with Gasteiger partial charge in [-0.3, -0.25) is 4.79 Å². The smallest absolute Gasteiger partial charge is 0.266 e. The van der Waals surface area contributed by atoms with Crippen LogP contribution in [0.4, 0.5) is 5.82 Å². The fourth-order valence-electron chi connectivity index (χ4n) is 3.30. The predicted molar refractivity (Wildman–Crippen MR) is 122 cm³/mol. The third kappa shape index (κ3) is 7.36. The summed E-state index contributed by atoms with van der Waals surface area (Å²) in [6.45, 7) is 6.59. The first kappa shape index (κ1) is 23.7. The van der Waals surface area contributed by atoms with Crippen LogP contribution in [-0.2, 0) is 4.79 Å². The van der Waals surface area contributed by atoms with Crippen LogP contribution in [0.25, 0.3) is 0 Å². The van der Waals surface area contributed by atoms with Crippen LogP contribution in [-0.4, -0.2) is 24.1 Å². The van der Waals surface area contributed by atoms with Crippen LogP contribution in [0.15, 0.2) is 42.6 Å². The van der Waals surface area contributed by atoms with Gasteiger partial charge in [-0.2, -0.15) is 0 Å². The van der Waals surface area contributed by atoms with E-state index in [1.54, 1.807) is 25.4 Å². The molecule has 5 heteroatoms. The minimum absolute atomic E-state index is 0.200. The topological polar surface area (TPSA) is 60.5 Å². The van der Waals surface area contributed by atoms with E-state index < -0.39 is 6.10 Å². The molecular weight excluding hydrogens is 376 g/mol. The van der Waals surface area contributed by atoms with Crippen molar-refractivity contribution in [2.75, 3.05) is 12.4 Å². The van der Waals surface area contributed by atoms with Crippen molar-refractivity contribution in [1.82, 2.24) is 4.98 Å². The minimum atomic E-state index is -0.576.